The zero-order chi connectivity index (χ0) is 21.5. The van der Waals surface area contributed by atoms with Gasteiger partial charge in [0.05, 0.1) is 18.2 Å². The quantitative estimate of drug-likeness (QED) is 0.392. The predicted octanol–water partition coefficient (Wildman–Crippen LogP) is 4.39. The van der Waals surface area contributed by atoms with Crippen LogP contribution in [0.2, 0.25) is 0 Å². The minimum atomic E-state index is -0.882. The molecule has 2 aliphatic rings. The average molecular weight is 415 g/mol. The van der Waals surface area contributed by atoms with Gasteiger partial charge in [0.25, 0.3) is 11.7 Å². The highest BCUT2D eigenvalue weighted by Crippen LogP contribution is 2.42. The Bertz CT molecular complexity index is 1220. The van der Waals surface area contributed by atoms with Crippen molar-refractivity contribution < 1.29 is 23.8 Å². The second-order valence-corrected chi connectivity index (χ2v) is 7.48. The van der Waals surface area contributed by atoms with Crippen LogP contribution in [0.5, 0.6) is 5.75 Å². The van der Waals surface area contributed by atoms with E-state index in [-0.39, 0.29) is 11.3 Å². The van der Waals surface area contributed by atoms with Crippen LogP contribution in [0.25, 0.3) is 5.76 Å². The second-order valence-electron chi connectivity index (χ2n) is 7.48. The predicted molar refractivity (Wildman–Crippen MR) is 113 cm³/mol. The van der Waals surface area contributed by atoms with Gasteiger partial charge in [-0.1, -0.05) is 30.3 Å². The number of ketones is 1. The van der Waals surface area contributed by atoms with Crippen molar-refractivity contribution in [3.63, 3.8) is 0 Å². The van der Waals surface area contributed by atoms with E-state index in [2.05, 4.69) is 0 Å². The first-order valence-electron chi connectivity index (χ1n) is 9.92. The van der Waals surface area contributed by atoms with Crippen LogP contribution in [0, 0.1) is 5.82 Å². The molecule has 1 N–H and O–H groups in total. The number of rotatable bonds is 3. The van der Waals surface area contributed by atoms with Gasteiger partial charge in [-0.3, -0.25) is 14.5 Å². The second kappa shape index (κ2) is 7.40. The molecular weight excluding hydrogens is 397 g/mol. The number of carbonyl (C=O) groups is 2. The van der Waals surface area contributed by atoms with E-state index in [1.165, 1.54) is 29.2 Å². The van der Waals surface area contributed by atoms with Gasteiger partial charge in [-0.2, -0.15) is 0 Å². The fourth-order valence-corrected chi connectivity index (χ4v) is 4.14. The number of hydrogen-bond acceptors (Lipinski definition) is 4. The van der Waals surface area contributed by atoms with E-state index in [0.717, 1.165) is 11.3 Å². The molecule has 6 heteroatoms. The molecule has 1 unspecified atom stereocenters. The highest BCUT2D eigenvalue weighted by atomic mass is 19.1. The van der Waals surface area contributed by atoms with Gasteiger partial charge in [0.15, 0.2) is 0 Å². The molecule has 0 spiro atoms. The summed E-state index contributed by atoms with van der Waals surface area (Å²) < 4.78 is 19.1. The molecule has 1 amide bonds. The van der Waals surface area contributed by atoms with Crippen LogP contribution in [0.4, 0.5) is 10.1 Å². The molecule has 3 aromatic rings. The summed E-state index contributed by atoms with van der Waals surface area (Å²) >= 11 is 0. The Morgan fingerprint density at radius 2 is 1.74 bits per heavy atom. The Hall–Kier alpha value is -3.93. The third-order valence-corrected chi connectivity index (χ3v) is 5.63. The van der Waals surface area contributed by atoms with E-state index in [1.54, 1.807) is 48.5 Å². The molecule has 2 aliphatic heterocycles. The van der Waals surface area contributed by atoms with Gasteiger partial charge < -0.3 is 9.84 Å². The minimum Gasteiger partial charge on any atom is -0.507 e. The van der Waals surface area contributed by atoms with E-state index < -0.39 is 23.5 Å². The Balaban J connectivity index is 1.70. The van der Waals surface area contributed by atoms with Gasteiger partial charge in [0.1, 0.15) is 17.3 Å². The van der Waals surface area contributed by atoms with Crippen molar-refractivity contribution in [2.75, 3.05) is 11.5 Å². The molecular formula is C25H18FNO4. The summed E-state index contributed by atoms with van der Waals surface area (Å²) in [6, 6.07) is 18.6. The average Bonchev–Trinajstić information content (AvgIpc) is 3.36. The lowest BCUT2D eigenvalue weighted by Gasteiger charge is -2.25. The normalized spacial score (nSPS) is 19.4. The van der Waals surface area contributed by atoms with Crippen molar-refractivity contribution in [3.8, 4) is 5.75 Å². The highest BCUT2D eigenvalue weighted by Gasteiger charge is 2.47. The number of ether oxygens (including phenoxy) is 1. The van der Waals surface area contributed by atoms with Gasteiger partial charge in [0, 0.05) is 17.7 Å². The summed E-state index contributed by atoms with van der Waals surface area (Å²) in [5, 5.41) is 11.2. The molecule has 0 aliphatic carbocycles. The summed E-state index contributed by atoms with van der Waals surface area (Å²) in [4.78, 5) is 27.5. The van der Waals surface area contributed by atoms with Crippen molar-refractivity contribution in [2.45, 2.75) is 12.5 Å². The molecule has 5 nitrogen and oxygen atoms in total. The molecule has 3 aromatic carbocycles. The SMILES string of the molecule is O=C1C(=O)N(c2ccccc2)C(c2ccc(F)cc2)/C1=C(/O)c1ccc2c(c1)CCO2. The monoisotopic (exact) mass is 415 g/mol. The minimum absolute atomic E-state index is 0.0284. The number of amides is 1. The van der Waals surface area contributed by atoms with E-state index >= 15 is 0 Å². The Morgan fingerprint density at radius 3 is 2.48 bits per heavy atom. The molecule has 31 heavy (non-hydrogen) atoms. The lowest BCUT2D eigenvalue weighted by Crippen LogP contribution is -2.29. The first kappa shape index (κ1) is 19.1. The molecule has 5 rings (SSSR count). The van der Waals surface area contributed by atoms with E-state index in [9.17, 15) is 19.1 Å². The van der Waals surface area contributed by atoms with Crippen LogP contribution in [0.1, 0.15) is 22.7 Å². The number of para-hydroxylation sites is 1. The molecule has 1 saturated heterocycles. The molecule has 0 saturated carbocycles. The van der Waals surface area contributed by atoms with Crippen LogP contribution in [-0.4, -0.2) is 23.4 Å². The third kappa shape index (κ3) is 3.17. The first-order chi connectivity index (χ1) is 15.0. The molecule has 2 heterocycles. The molecule has 154 valence electrons. The van der Waals surface area contributed by atoms with E-state index in [4.69, 9.17) is 4.74 Å². The number of nitrogens with zero attached hydrogens (tertiary/aromatic N) is 1. The standard InChI is InChI=1S/C25H18FNO4/c26-18-9-6-15(7-10-18)22-21(23(28)17-8-11-20-16(14-17)12-13-31-20)24(29)25(30)27(22)19-4-2-1-3-5-19/h1-11,14,22,28H,12-13H2/b23-21-. The van der Waals surface area contributed by atoms with Gasteiger partial charge in [0.2, 0.25) is 0 Å². The number of hydrogen-bond donors (Lipinski definition) is 1. The summed E-state index contributed by atoms with van der Waals surface area (Å²) in [5.74, 6) is -1.48. The van der Waals surface area contributed by atoms with Gasteiger partial charge in [-0.25, -0.2) is 4.39 Å². The first-order valence-corrected chi connectivity index (χ1v) is 9.92. The van der Waals surface area contributed by atoms with Crippen LogP contribution < -0.4 is 9.64 Å². The van der Waals surface area contributed by atoms with Crippen molar-refractivity contribution in [1.82, 2.24) is 0 Å². The van der Waals surface area contributed by atoms with Crippen molar-refractivity contribution in [2.24, 2.45) is 0 Å². The van der Waals surface area contributed by atoms with Crippen LogP contribution in [-0.2, 0) is 16.0 Å². The summed E-state index contributed by atoms with van der Waals surface area (Å²) in [6.45, 7) is 0.563. The van der Waals surface area contributed by atoms with Crippen molar-refractivity contribution >= 4 is 23.1 Å². The number of Topliss-reactive ketones (excluding diaryl/α,β-unsaturated/α-hetero) is 1. The molecule has 0 radical (unpaired) electrons. The largest absolute Gasteiger partial charge is 0.507 e. The molecule has 0 bridgehead atoms. The van der Waals surface area contributed by atoms with Crippen LogP contribution in [0.15, 0.2) is 78.4 Å². The zero-order valence-electron chi connectivity index (χ0n) is 16.4. The number of aliphatic hydroxyl groups is 1. The Morgan fingerprint density at radius 1 is 1.00 bits per heavy atom. The maximum atomic E-state index is 13.6. The fourth-order valence-electron chi connectivity index (χ4n) is 4.14. The fraction of sp³-hybridized carbons (Fsp3) is 0.120. The third-order valence-electron chi connectivity index (χ3n) is 5.63. The van der Waals surface area contributed by atoms with Gasteiger partial charge >= 0.3 is 0 Å². The summed E-state index contributed by atoms with van der Waals surface area (Å²) in [6.07, 6.45) is 0.705. The molecule has 1 fully saturated rings. The molecule has 1 atom stereocenters. The van der Waals surface area contributed by atoms with E-state index in [0.29, 0.717) is 29.8 Å². The van der Waals surface area contributed by atoms with Crippen LogP contribution >= 0.6 is 0 Å². The number of anilines is 1. The number of carbonyl (C=O) groups excluding carboxylic acids is 2. The number of benzene rings is 3. The number of aliphatic hydroxyl groups excluding tert-OH is 1. The van der Waals surface area contributed by atoms with E-state index in [1.807, 2.05) is 0 Å². The zero-order valence-corrected chi connectivity index (χ0v) is 16.4. The lowest BCUT2D eigenvalue weighted by atomic mass is 9.94. The highest BCUT2D eigenvalue weighted by molar-refractivity contribution is 6.51. The maximum Gasteiger partial charge on any atom is 0.300 e. The van der Waals surface area contributed by atoms with Crippen molar-refractivity contribution in [3.05, 3.63) is 101 Å². The topological polar surface area (TPSA) is 66.8 Å². The van der Waals surface area contributed by atoms with Crippen LogP contribution in [0.3, 0.4) is 0 Å². The lowest BCUT2D eigenvalue weighted by molar-refractivity contribution is -0.132. The summed E-state index contributed by atoms with van der Waals surface area (Å²) in [7, 11) is 0. The number of halogens is 1. The number of fused-ring (bicyclic) bond motifs is 1. The molecule has 0 aromatic heterocycles. The Labute approximate surface area is 178 Å². The summed E-state index contributed by atoms with van der Waals surface area (Å²) in [5.41, 5.74) is 2.37. The van der Waals surface area contributed by atoms with Gasteiger partial charge in [-0.15, -0.1) is 0 Å². The van der Waals surface area contributed by atoms with Gasteiger partial charge in [-0.05, 0) is 53.6 Å². The van der Waals surface area contributed by atoms with Crippen molar-refractivity contribution in [1.29, 1.82) is 0 Å². The maximum absolute atomic E-state index is 13.6. The smallest absolute Gasteiger partial charge is 0.300 e. The Kier molecular flexibility index (Phi) is 4.55.